The topological polar surface area (TPSA) is 37.0 Å². The Balaban J connectivity index is 1.23. The quantitative estimate of drug-likeness (QED) is 0.333. The van der Waals surface area contributed by atoms with Crippen LogP contribution in [0.4, 0.5) is 11.4 Å². The van der Waals surface area contributed by atoms with Crippen LogP contribution < -0.4 is 10.6 Å². The Hall–Kier alpha value is -3.04. The second kappa shape index (κ2) is 9.22. The molecule has 0 saturated heterocycles. The standard InChI is InChI=1S/C28H28ClN3/c1-19-15-21(20-5-3-2-4-6-20)17-25(16-19)31-23-8-10-24(11-9-23)32-27-13-14-30-28-18-22(29)7-12-26(27)28/h2-7,12-18,23-24,31H,8-11H2,1H3,(H,30,32). The molecule has 1 aromatic heterocycles. The van der Waals surface area contributed by atoms with E-state index < -0.39 is 0 Å². The number of nitrogens with one attached hydrogen (secondary N) is 2. The number of hydrogen-bond acceptors (Lipinski definition) is 3. The number of anilines is 2. The van der Waals surface area contributed by atoms with Crippen molar-refractivity contribution in [3.8, 4) is 11.1 Å². The molecule has 0 spiro atoms. The van der Waals surface area contributed by atoms with Crippen molar-refractivity contribution in [1.29, 1.82) is 0 Å². The molecule has 0 radical (unpaired) electrons. The third kappa shape index (κ3) is 4.73. The van der Waals surface area contributed by atoms with Crippen molar-refractivity contribution in [2.75, 3.05) is 10.6 Å². The normalized spacial score (nSPS) is 18.4. The van der Waals surface area contributed by atoms with Gasteiger partial charge < -0.3 is 10.6 Å². The summed E-state index contributed by atoms with van der Waals surface area (Å²) in [4.78, 5) is 4.46. The van der Waals surface area contributed by atoms with Crippen LogP contribution in [0.2, 0.25) is 5.02 Å². The number of hydrogen-bond donors (Lipinski definition) is 2. The fourth-order valence-electron chi connectivity index (χ4n) is 4.75. The third-order valence-corrected chi connectivity index (χ3v) is 6.58. The number of fused-ring (bicyclic) bond motifs is 1. The molecule has 0 bridgehead atoms. The summed E-state index contributed by atoms with van der Waals surface area (Å²) in [6.07, 6.45) is 6.46. The molecule has 1 saturated carbocycles. The van der Waals surface area contributed by atoms with Crippen molar-refractivity contribution in [2.45, 2.75) is 44.7 Å². The Bertz CT molecular complexity index is 1210. The molecule has 162 valence electrons. The highest BCUT2D eigenvalue weighted by Crippen LogP contribution is 2.30. The predicted molar refractivity (Wildman–Crippen MR) is 137 cm³/mol. The number of nitrogens with zero attached hydrogens (tertiary/aromatic N) is 1. The van der Waals surface area contributed by atoms with E-state index >= 15 is 0 Å². The lowest BCUT2D eigenvalue weighted by Crippen LogP contribution is -2.32. The van der Waals surface area contributed by atoms with E-state index in [0.717, 1.165) is 47.3 Å². The van der Waals surface area contributed by atoms with E-state index in [9.17, 15) is 0 Å². The Kier molecular flexibility index (Phi) is 6.00. The van der Waals surface area contributed by atoms with Crippen molar-refractivity contribution in [1.82, 2.24) is 4.98 Å². The van der Waals surface area contributed by atoms with Gasteiger partial charge in [0.25, 0.3) is 0 Å². The van der Waals surface area contributed by atoms with Crippen molar-refractivity contribution >= 4 is 33.9 Å². The van der Waals surface area contributed by atoms with Crippen LogP contribution in [0.15, 0.2) is 79.0 Å². The molecule has 1 aliphatic rings. The molecule has 0 unspecified atom stereocenters. The number of aromatic nitrogens is 1. The molecular weight excluding hydrogens is 414 g/mol. The van der Waals surface area contributed by atoms with Crippen LogP contribution in [-0.4, -0.2) is 17.1 Å². The number of aryl methyl sites for hydroxylation is 1. The van der Waals surface area contributed by atoms with Crippen LogP contribution in [0.3, 0.4) is 0 Å². The lowest BCUT2D eigenvalue weighted by Gasteiger charge is -2.31. The molecule has 3 aromatic carbocycles. The molecule has 0 aliphatic heterocycles. The van der Waals surface area contributed by atoms with E-state index in [1.165, 1.54) is 22.4 Å². The summed E-state index contributed by atoms with van der Waals surface area (Å²) in [6, 6.07) is 26.4. The monoisotopic (exact) mass is 441 g/mol. The first kappa shape index (κ1) is 20.8. The smallest absolute Gasteiger partial charge is 0.0737 e. The number of halogens is 1. The highest BCUT2D eigenvalue weighted by atomic mass is 35.5. The molecule has 4 aromatic rings. The highest BCUT2D eigenvalue weighted by molar-refractivity contribution is 6.31. The summed E-state index contributed by atoms with van der Waals surface area (Å²) in [5.74, 6) is 0. The number of rotatable bonds is 5. The maximum absolute atomic E-state index is 6.13. The maximum Gasteiger partial charge on any atom is 0.0737 e. The van der Waals surface area contributed by atoms with Gasteiger partial charge in [0.1, 0.15) is 0 Å². The van der Waals surface area contributed by atoms with Crippen molar-refractivity contribution < 1.29 is 0 Å². The fourth-order valence-corrected chi connectivity index (χ4v) is 4.91. The van der Waals surface area contributed by atoms with E-state index in [-0.39, 0.29) is 0 Å². The van der Waals surface area contributed by atoms with E-state index in [4.69, 9.17) is 11.6 Å². The van der Waals surface area contributed by atoms with Gasteiger partial charge in [0, 0.05) is 40.1 Å². The summed E-state index contributed by atoms with van der Waals surface area (Å²) in [7, 11) is 0. The lowest BCUT2D eigenvalue weighted by atomic mass is 9.90. The van der Waals surface area contributed by atoms with E-state index in [1.54, 1.807) is 0 Å². The molecule has 0 atom stereocenters. The molecule has 3 nitrogen and oxygen atoms in total. The van der Waals surface area contributed by atoms with Gasteiger partial charge in [-0.25, -0.2) is 0 Å². The van der Waals surface area contributed by atoms with Gasteiger partial charge in [0.2, 0.25) is 0 Å². The van der Waals surface area contributed by atoms with Gasteiger partial charge in [-0.2, -0.15) is 0 Å². The van der Waals surface area contributed by atoms with Gasteiger partial charge in [-0.15, -0.1) is 0 Å². The first-order valence-electron chi connectivity index (χ1n) is 11.4. The van der Waals surface area contributed by atoms with Crippen LogP contribution in [0, 0.1) is 6.92 Å². The first-order valence-corrected chi connectivity index (χ1v) is 11.8. The van der Waals surface area contributed by atoms with Gasteiger partial charge >= 0.3 is 0 Å². The fraction of sp³-hybridized carbons (Fsp3) is 0.250. The first-order chi connectivity index (χ1) is 15.6. The molecule has 2 N–H and O–H groups in total. The van der Waals surface area contributed by atoms with E-state index in [2.05, 4.69) is 83.2 Å². The third-order valence-electron chi connectivity index (χ3n) is 6.35. The Morgan fingerprint density at radius 3 is 2.31 bits per heavy atom. The zero-order valence-corrected chi connectivity index (χ0v) is 19.1. The highest BCUT2D eigenvalue weighted by Gasteiger charge is 2.21. The predicted octanol–water partition coefficient (Wildman–Crippen LogP) is 7.70. The van der Waals surface area contributed by atoms with Crippen LogP contribution in [0.5, 0.6) is 0 Å². The minimum Gasteiger partial charge on any atom is -0.382 e. The summed E-state index contributed by atoms with van der Waals surface area (Å²) in [5, 5.41) is 9.41. The largest absolute Gasteiger partial charge is 0.382 e. The second-order valence-electron chi connectivity index (χ2n) is 8.81. The SMILES string of the molecule is Cc1cc(NC2CCC(Nc3ccnc4cc(Cl)ccc34)CC2)cc(-c2ccccc2)c1. The summed E-state index contributed by atoms with van der Waals surface area (Å²) < 4.78 is 0. The second-order valence-corrected chi connectivity index (χ2v) is 9.25. The molecule has 1 heterocycles. The van der Waals surface area contributed by atoms with Gasteiger partial charge in [-0.05, 0) is 85.7 Å². The van der Waals surface area contributed by atoms with E-state index in [0.29, 0.717) is 12.1 Å². The molecule has 32 heavy (non-hydrogen) atoms. The van der Waals surface area contributed by atoms with Gasteiger partial charge in [-0.1, -0.05) is 48.0 Å². The van der Waals surface area contributed by atoms with Crippen molar-refractivity contribution in [3.63, 3.8) is 0 Å². The van der Waals surface area contributed by atoms with Crippen LogP contribution in [0.1, 0.15) is 31.2 Å². The average Bonchev–Trinajstić information content (AvgIpc) is 2.80. The lowest BCUT2D eigenvalue weighted by molar-refractivity contribution is 0.429. The van der Waals surface area contributed by atoms with Gasteiger partial charge in [-0.3, -0.25) is 4.98 Å². The average molecular weight is 442 g/mol. The van der Waals surface area contributed by atoms with Crippen LogP contribution in [0.25, 0.3) is 22.0 Å². The molecular formula is C28H28ClN3. The van der Waals surface area contributed by atoms with Crippen LogP contribution >= 0.6 is 11.6 Å². The number of pyridine rings is 1. The van der Waals surface area contributed by atoms with Crippen LogP contribution in [-0.2, 0) is 0 Å². The van der Waals surface area contributed by atoms with Crippen molar-refractivity contribution in [2.24, 2.45) is 0 Å². The molecule has 0 amide bonds. The minimum atomic E-state index is 0.478. The maximum atomic E-state index is 6.13. The molecule has 5 rings (SSSR count). The summed E-state index contributed by atoms with van der Waals surface area (Å²) in [5.41, 5.74) is 7.12. The molecule has 1 aliphatic carbocycles. The Morgan fingerprint density at radius 2 is 1.53 bits per heavy atom. The minimum absolute atomic E-state index is 0.478. The van der Waals surface area contributed by atoms with Crippen molar-refractivity contribution in [3.05, 3.63) is 89.6 Å². The summed E-state index contributed by atoms with van der Waals surface area (Å²) >= 11 is 6.13. The zero-order valence-electron chi connectivity index (χ0n) is 18.3. The summed E-state index contributed by atoms with van der Waals surface area (Å²) in [6.45, 7) is 2.17. The van der Waals surface area contributed by atoms with E-state index in [1.807, 2.05) is 18.3 Å². The zero-order chi connectivity index (χ0) is 21.9. The van der Waals surface area contributed by atoms with Gasteiger partial charge in [0.15, 0.2) is 0 Å². The Morgan fingerprint density at radius 1 is 0.781 bits per heavy atom. The Labute approximate surface area is 194 Å². The molecule has 1 fully saturated rings. The molecule has 4 heteroatoms. The van der Waals surface area contributed by atoms with Gasteiger partial charge in [0.05, 0.1) is 5.52 Å². The number of benzene rings is 3.